The first-order valence-corrected chi connectivity index (χ1v) is 6.19. The Hall–Kier alpha value is -1.69. The Kier molecular flexibility index (Phi) is 14.2. The summed E-state index contributed by atoms with van der Waals surface area (Å²) >= 11 is 0. The minimum atomic E-state index is -0.981. The van der Waals surface area contributed by atoms with Crippen LogP contribution in [0, 0.1) is 5.41 Å². The SMILES string of the molecule is C=CC(=O)O.CCC(CO)(CO)CO.c1ccccc1. The molecule has 0 fully saturated rings. The minimum absolute atomic E-state index is 0.156. The molecule has 5 nitrogen and oxygen atoms in total. The van der Waals surface area contributed by atoms with E-state index in [0.717, 1.165) is 6.08 Å². The zero-order valence-corrected chi connectivity index (χ0v) is 11.8. The highest BCUT2D eigenvalue weighted by molar-refractivity contribution is 5.78. The molecule has 0 unspecified atom stereocenters. The zero-order valence-electron chi connectivity index (χ0n) is 11.8. The average Bonchev–Trinajstić information content (AvgIpc) is 2.53. The number of rotatable bonds is 5. The molecule has 20 heavy (non-hydrogen) atoms. The molecule has 1 rings (SSSR count). The van der Waals surface area contributed by atoms with Gasteiger partial charge in [-0.05, 0) is 6.42 Å². The van der Waals surface area contributed by atoms with E-state index in [2.05, 4.69) is 6.58 Å². The highest BCUT2D eigenvalue weighted by Crippen LogP contribution is 2.18. The largest absolute Gasteiger partial charge is 0.478 e. The molecule has 0 spiro atoms. The molecule has 1 aromatic rings. The molecule has 0 aliphatic heterocycles. The first-order chi connectivity index (χ1) is 9.51. The fourth-order valence-corrected chi connectivity index (χ4v) is 0.870. The Morgan fingerprint density at radius 1 is 1.00 bits per heavy atom. The van der Waals surface area contributed by atoms with Crippen molar-refractivity contribution in [3.63, 3.8) is 0 Å². The number of aliphatic carboxylic acids is 1. The fourth-order valence-electron chi connectivity index (χ4n) is 0.870. The van der Waals surface area contributed by atoms with E-state index in [9.17, 15) is 4.79 Å². The van der Waals surface area contributed by atoms with Crippen molar-refractivity contribution in [2.45, 2.75) is 13.3 Å². The van der Waals surface area contributed by atoms with Gasteiger partial charge in [-0.25, -0.2) is 4.79 Å². The topological polar surface area (TPSA) is 98.0 Å². The van der Waals surface area contributed by atoms with E-state index in [0.29, 0.717) is 6.42 Å². The van der Waals surface area contributed by atoms with Gasteiger partial charge in [0.05, 0.1) is 19.8 Å². The molecule has 1 aromatic carbocycles. The number of aliphatic hydroxyl groups excluding tert-OH is 3. The monoisotopic (exact) mass is 284 g/mol. The molecule has 5 heteroatoms. The van der Waals surface area contributed by atoms with E-state index in [4.69, 9.17) is 20.4 Å². The summed E-state index contributed by atoms with van der Waals surface area (Å²) in [5.41, 5.74) is -0.667. The van der Waals surface area contributed by atoms with Gasteiger partial charge in [0.25, 0.3) is 0 Å². The highest BCUT2D eigenvalue weighted by Gasteiger charge is 2.24. The van der Waals surface area contributed by atoms with Crippen molar-refractivity contribution in [2.75, 3.05) is 19.8 Å². The maximum Gasteiger partial charge on any atom is 0.327 e. The van der Waals surface area contributed by atoms with Gasteiger partial charge in [0, 0.05) is 11.5 Å². The van der Waals surface area contributed by atoms with Crippen molar-refractivity contribution in [1.29, 1.82) is 0 Å². The first-order valence-electron chi connectivity index (χ1n) is 6.19. The standard InChI is InChI=1S/C6H14O3.C6H6.C3H4O2/c1-2-6(3-7,4-8)5-9;1-2-4-6-5-3-1;1-2-3(4)5/h7-9H,2-5H2,1H3;1-6H;2H,1H2,(H,4,5). The second-order valence-electron chi connectivity index (χ2n) is 4.02. The smallest absolute Gasteiger partial charge is 0.327 e. The Morgan fingerprint density at radius 3 is 1.30 bits per heavy atom. The third-order valence-corrected chi connectivity index (χ3v) is 2.60. The summed E-state index contributed by atoms with van der Waals surface area (Å²) in [7, 11) is 0. The van der Waals surface area contributed by atoms with Crippen molar-refractivity contribution < 1.29 is 25.2 Å². The molecular weight excluding hydrogens is 260 g/mol. The summed E-state index contributed by atoms with van der Waals surface area (Å²) < 4.78 is 0. The van der Waals surface area contributed by atoms with E-state index >= 15 is 0 Å². The molecule has 0 atom stereocenters. The van der Waals surface area contributed by atoms with Crippen molar-refractivity contribution in [3.05, 3.63) is 49.1 Å². The molecule has 0 heterocycles. The lowest BCUT2D eigenvalue weighted by Gasteiger charge is -2.24. The first kappa shape index (κ1) is 20.6. The lowest BCUT2D eigenvalue weighted by molar-refractivity contribution is -0.131. The molecule has 0 aromatic heterocycles. The third kappa shape index (κ3) is 11.4. The molecular formula is C15H24O5. The van der Waals surface area contributed by atoms with Crippen LogP contribution in [0.4, 0.5) is 0 Å². The number of carboxylic acid groups (broad SMARTS) is 1. The maximum absolute atomic E-state index is 9.25. The summed E-state index contributed by atoms with van der Waals surface area (Å²) in [5, 5.41) is 33.6. The Labute approximate surface area is 119 Å². The van der Waals surface area contributed by atoms with Gasteiger partial charge >= 0.3 is 5.97 Å². The molecule has 0 amide bonds. The summed E-state index contributed by atoms with van der Waals surface area (Å²) in [4.78, 5) is 9.25. The van der Waals surface area contributed by atoms with Gasteiger partial charge < -0.3 is 20.4 Å². The van der Waals surface area contributed by atoms with Gasteiger partial charge in [-0.2, -0.15) is 0 Å². The van der Waals surface area contributed by atoms with Crippen LogP contribution >= 0.6 is 0 Å². The lowest BCUT2D eigenvalue weighted by Crippen LogP contribution is -2.32. The van der Waals surface area contributed by atoms with Crippen LogP contribution in [0.1, 0.15) is 13.3 Å². The van der Waals surface area contributed by atoms with Crippen LogP contribution in [0.3, 0.4) is 0 Å². The highest BCUT2D eigenvalue weighted by atomic mass is 16.4. The zero-order chi connectivity index (χ0) is 15.9. The van der Waals surface area contributed by atoms with Gasteiger partial charge in [0.1, 0.15) is 0 Å². The predicted octanol–water partition coefficient (Wildman–Crippen LogP) is 1.30. The van der Waals surface area contributed by atoms with Crippen molar-refractivity contribution in [1.82, 2.24) is 0 Å². The number of hydrogen-bond donors (Lipinski definition) is 4. The molecule has 4 N–H and O–H groups in total. The van der Waals surface area contributed by atoms with Crippen LogP contribution in [-0.2, 0) is 4.79 Å². The summed E-state index contributed by atoms with van der Waals surface area (Å²) in [6.45, 7) is 4.31. The van der Waals surface area contributed by atoms with E-state index in [-0.39, 0.29) is 19.8 Å². The van der Waals surface area contributed by atoms with Crippen LogP contribution in [0.2, 0.25) is 0 Å². The number of carbonyl (C=O) groups is 1. The summed E-state index contributed by atoms with van der Waals surface area (Å²) in [5.74, 6) is -0.981. The number of carboxylic acids is 1. The van der Waals surface area contributed by atoms with Gasteiger partial charge in [0.2, 0.25) is 0 Å². The molecule has 0 bridgehead atoms. The minimum Gasteiger partial charge on any atom is -0.478 e. The molecule has 0 saturated carbocycles. The normalized spacial score (nSPS) is 9.40. The van der Waals surface area contributed by atoms with Gasteiger partial charge in [-0.3, -0.25) is 0 Å². The van der Waals surface area contributed by atoms with Crippen LogP contribution in [0.15, 0.2) is 49.1 Å². The van der Waals surface area contributed by atoms with E-state index in [1.165, 1.54) is 0 Å². The number of benzene rings is 1. The summed E-state index contributed by atoms with van der Waals surface area (Å²) in [6.07, 6.45) is 1.43. The van der Waals surface area contributed by atoms with Crippen LogP contribution in [0.5, 0.6) is 0 Å². The van der Waals surface area contributed by atoms with Crippen molar-refractivity contribution >= 4 is 5.97 Å². The molecule has 114 valence electrons. The summed E-state index contributed by atoms with van der Waals surface area (Å²) in [6, 6.07) is 12.0. The third-order valence-electron chi connectivity index (χ3n) is 2.60. The van der Waals surface area contributed by atoms with Gasteiger partial charge in [-0.1, -0.05) is 49.9 Å². The molecule has 0 saturated heterocycles. The Balaban J connectivity index is 0. The molecule has 0 aliphatic carbocycles. The van der Waals surface area contributed by atoms with E-state index in [1.54, 1.807) is 0 Å². The van der Waals surface area contributed by atoms with Crippen molar-refractivity contribution in [2.24, 2.45) is 5.41 Å². The lowest BCUT2D eigenvalue weighted by atomic mass is 9.88. The quantitative estimate of drug-likeness (QED) is 0.611. The van der Waals surface area contributed by atoms with Crippen LogP contribution < -0.4 is 0 Å². The number of hydrogen-bond acceptors (Lipinski definition) is 4. The second-order valence-corrected chi connectivity index (χ2v) is 4.02. The second kappa shape index (κ2) is 13.7. The molecule has 0 aliphatic rings. The molecule has 0 radical (unpaired) electrons. The Morgan fingerprint density at radius 2 is 1.25 bits per heavy atom. The van der Waals surface area contributed by atoms with Crippen LogP contribution in [-0.4, -0.2) is 46.2 Å². The van der Waals surface area contributed by atoms with Crippen LogP contribution in [0.25, 0.3) is 0 Å². The number of aliphatic hydroxyl groups is 3. The van der Waals surface area contributed by atoms with E-state index < -0.39 is 11.4 Å². The average molecular weight is 284 g/mol. The van der Waals surface area contributed by atoms with E-state index in [1.807, 2.05) is 43.3 Å². The van der Waals surface area contributed by atoms with Gasteiger partial charge in [0.15, 0.2) is 0 Å². The Bertz CT molecular complexity index is 289. The van der Waals surface area contributed by atoms with Gasteiger partial charge in [-0.15, -0.1) is 0 Å². The predicted molar refractivity (Wildman–Crippen MR) is 78.3 cm³/mol. The fraction of sp³-hybridized carbons (Fsp3) is 0.400. The maximum atomic E-state index is 9.25. The van der Waals surface area contributed by atoms with Crippen molar-refractivity contribution in [3.8, 4) is 0 Å².